The van der Waals surface area contributed by atoms with Crippen LogP contribution >= 0.6 is 12.2 Å². The Balaban J connectivity index is 0. The van der Waals surface area contributed by atoms with Gasteiger partial charge in [0.15, 0.2) is 5.11 Å². The second kappa shape index (κ2) is 1.06. The number of rotatable bonds is 0. The van der Waals surface area contributed by atoms with Crippen molar-refractivity contribution >= 4 is 17.3 Å². The lowest BCUT2D eigenvalue weighted by molar-refractivity contribution is 1.65. The first kappa shape index (κ1) is 3.69. The molecule has 0 bridgehead atoms. The van der Waals surface area contributed by atoms with Gasteiger partial charge in [0.1, 0.15) is 0 Å². The van der Waals surface area contributed by atoms with Crippen molar-refractivity contribution in [2.24, 2.45) is 11.5 Å². The van der Waals surface area contributed by atoms with Crippen LogP contribution in [-0.2, 0) is 0 Å². The van der Waals surface area contributed by atoms with Crippen molar-refractivity contribution in [3.8, 4) is 0 Å². The van der Waals surface area contributed by atoms with Crippen LogP contribution < -0.4 is 11.5 Å². The molecule has 25 valence electrons. The fourth-order valence-corrected chi connectivity index (χ4v) is 0. The van der Waals surface area contributed by atoms with Crippen molar-refractivity contribution in [1.29, 1.82) is 0 Å². The van der Waals surface area contributed by atoms with E-state index in [9.17, 15) is 0 Å². The molecule has 0 aromatic carbocycles. The Morgan fingerprint density at radius 2 is 1.75 bits per heavy atom. The van der Waals surface area contributed by atoms with Gasteiger partial charge in [0.2, 0.25) is 0 Å². The predicted octanol–water partition coefficient (Wildman–Crippen LogP) is -0.699. The highest BCUT2D eigenvalue weighted by Crippen LogP contribution is 1.32. The molecular formula is CH5N2S. The summed E-state index contributed by atoms with van der Waals surface area (Å²) in [6.07, 6.45) is 0. The van der Waals surface area contributed by atoms with Crippen LogP contribution in [-0.4, -0.2) is 5.11 Å². The van der Waals surface area contributed by atoms with Gasteiger partial charge in [0.05, 0.1) is 0 Å². The van der Waals surface area contributed by atoms with E-state index >= 15 is 0 Å². The first-order valence-electron chi connectivity index (χ1n) is 0.781. The van der Waals surface area contributed by atoms with Crippen molar-refractivity contribution in [3.63, 3.8) is 0 Å². The van der Waals surface area contributed by atoms with Crippen LogP contribution in [0.4, 0.5) is 0 Å². The standard InChI is InChI=1S/CH4N2S.H/c2-1(3)4;/h(H4,2,3,4);. The smallest absolute Gasteiger partial charge is 0.160 e. The van der Waals surface area contributed by atoms with E-state index in [-0.39, 0.29) is 6.54 Å². The summed E-state index contributed by atoms with van der Waals surface area (Å²) in [4.78, 5) is 0. The fourth-order valence-electron chi connectivity index (χ4n) is 0. The Morgan fingerprint density at radius 3 is 1.75 bits per heavy atom. The highest BCUT2D eigenvalue weighted by molar-refractivity contribution is 7.80. The molecule has 0 unspecified atom stereocenters. The molecule has 0 atom stereocenters. The molecule has 0 heterocycles. The lowest BCUT2D eigenvalue weighted by Crippen LogP contribution is -2.18. The molecule has 0 aliphatic heterocycles. The minimum Gasteiger partial charge on any atom is -0.377 e. The molecule has 0 amide bonds. The lowest BCUT2D eigenvalue weighted by atomic mass is 11.3. The molecular weight excluding hydrogens is 72.1 g/mol. The van der Waals surface area contributed by atoms with Crippen LogP contribution in [0.2, 0.25) is 0 Å². The largest absolute Gasteiger partial charge is 0.377 e. The maximum Gasteiger partial charge on any atom is 0.160 e. The van der Waals surface area contributed by atoms with Crippen molar-refractivity contribution in [3.05, 3.63) is 0 Å². The molecule has 0 aliphatic carbocycles. The molecule has 0 saturated carbocycles. The Morgan fingerprint density at radius 1 is 1.75 bits per heavy atom. The van der Waals surface area contributed by atoms with Gasteiger partial charge in [-0.1, -0.05) is 0 Å². The van der Waals surface area contributed by atoms with Crippen LogP contribution in [0.3, 0.4) is 0 Å². The second-order valence-corrected chi connectivity index (χ2v) is 0.874. The Bertz CT molecular complexity index is 32.6. The zero-order chi connectivity index (χ0) is 3.58. The van der Waals surface area contributed by atoms with Gasteiger partial charge in [0, 0.05) is 1.43 Å². The van der Waals surface area contributed by atoms with Crippen LogP contribution in [0.1, 0.15) is 1.43 Å². The van der Waals surface area contributed by atoms with E-state index in [1.54, 1.807) is 0 Å². The van der Waals surface area contributed by atoms with Gasteiger partial charge in [-0.2, -0.15) is 0 Å². The molecule has 0 rings (SSSR count). The number of thiocarbonyl (C=S) groups is 1. The Hall–Kier alpha value is -0.310. The quantitative estimate of drug-likeness (QED) is 0.376. The summed E-state index contributed by atoms with van der Waals surface area (Å²) in [5.74, 6) is 0. The van der Waals surface area contributed by atoms with E-state index in [1.807, 2.05) is 0 Å². The molecule has 0 saturated heterocycles. The molecule has 0 aliphatic rings. The average molecular weight is 77.1 g/mol. The average Bonchev–Trinajstić information content (AvgIpc) is 0.811. The first-order chi connectivity index (χ1) is 1.73. The summed E-state index contributed by atoms with van der Waals surface area (Å²) in [7, 11) is 0. The van der Waals surface area contributed by atoms with E-state index in [0.29, 0.717) is 0 Å². The zero-order valence-electron chi connectivity index (χ0n) is 3.06. The summed E-state index contributed by atoms with van der Waals surface area (Å²) in [6, 6.07) is 0. The van der Waals surface area contributed by atoms with E-state index in [4.69, 9.17) is 0 Å². The van der Waals surface area contributed by atoms with E-state index < -0.39 is 0 Å². The molecule has 0 aromatic heterocycles. The highest BCUT2D eigenvalue weighted by Gasteiger charge is 1.53. The molecule has 4 N–H and O–H groups in total. The zero-order valence-corrected chi connectivity index (χ0v) is 2.88. The van der Waals surface area contributed by atoms with Gasteiger partial charge in [-0.15, -0.1) is 0 Å². The minimum absolute atomic E-state index is 0. The molecule has 4 heavy (non-hydrogen) atoms. The van der Waals surface area contributed by atoms with E-state index in [2.05, 4.69) is 23.7 Å². The SMILES string of the molecule is NC(N)=S.[H]. The number of hydrogen-bond donors (Lipinski definition) is 2. The monoisotopic (exact) mass is 77.0 g/mol. The summed E-state index contributed by atoms with van der Waals surface area (Å²) >= 11 is 4.09. The topological polar surface area (TPSA) is 52.0 Å². The molecule has 1 radical (unpaired) electrons. The third-order valence-corrected chi connectivity index (χ3v) is 0. The Labute approximate surface area is 31.3 Å². The second-order valence-electron chi connectivity index (χ2n) is 0.402. The summed E-state index contributed by atoms with van der Waals surface area (Å²) in [5, 5.41) is 0.000000000000000222. The van der Waals surface area contributed by atoms with Gasteiger partial charge in [-0.25, -0.2) is 0 Å². The van der Waals surface area contributed by atoms with Crippen molar-refractivity contribution in [2.45, 2.75) is 0 Å². The van der Waals surface area contributed by atoms with Gasteiger partial charge >= 0.3 is 0 Å². The molecule has 0 spiro atoms. The summed E-state index contributed by atoms with van der Waals surface area (Å²) < 4.78 is 0. The van der Waals surface area contributed by atoms with E-state index in [0.717, 1.165) is 0 Å². The minimum atomic E-state index is 0. The maximum atomic E-state index is 4.62. The maximum absolute atomic E-state index is 4.62. The van der Waals surface area contributed by atoms with Crippen LogP contribution in [0.5, 0.6) is 0 Å². The molecule has 0 aromatic rings. The van der Waals surface area contributed by atoms with Crippen molar-refractivity contribution < 1.29 is 1.43 Å². The molecule has 0 fully saturated rings. The summed E-state index contributed by atoms with van der Waals surface area (Å²) in [6.45, 7) is 0. The van der Waals surface area contributed by atoms with E-state index in [1.165, 1.54) is 0 Å². The molecule has 2 nitrogen and oxygen atoms in total. The normalized spacial score (nSPS) is 6.00. The van der Waals surface area contributed by atoms with Crippen molar-refractivity contribution in [2.75, 3.05) is 0 Å². The third-order valence-electron chi connectivity index (χ3n) is 0. The van der Waals surface area contributed by atoms with Gasteiger partial charge < -0.3 is 11.5 Å². The number of nitrogens with two attached hydrogens (primary N) is 2. The fraction of sp³-hybridized carbons (Fsp3) is 0. The summed E-state index contributed by atoms with van der Waals surface area (Å²) in [5.41, 5.74) is 9.24. The van der Waals surface area contributed by atoms with Gasteiger partial charge in [-0.3, -0.25) is 0 Å². The first-order valence-corrected chi connectivity index (χ1v) is 1.19. The number of hydrogen-bond acceptors (Lipinski definition) is 1. The Kier molecular flexibility index (Phi) is 0.979. The van der Waals surface area contributed by atoms with Crippen LogP contribution in [0.15, 0.2) is 0 Å². The van der Waals surface area contributed by atoms with Crippen LogP contribution in [0.25, 0.3) is 0 Å². The molecule has 3 heteroatoms. The van der Waals surface area contributed by atoms with Gasteiger partial charge in [0.25, 0.3) is 0 Å². The lowest BCUT2D eigenvalue weighted by Gasteiger charge is -1.68. The van der Waals surface area contributed by atoms with Crippen molar-refractivity contribution in [1.82, 2.24) is 0 Å². The third kappa shape index (κ3) is 8.37. The van der Waals surface area contributed by atoms with Gasteiger partial charge in [-0.05, 0) is 12.2 Å². The predicted molar refractivity (Wildman–Crippen MR) is 22.1 cm³/mol. The van der Waals surface area contributed by atoms with Crippen LogP contribution in [0, 0.1) is 0 Å². The highest BCUT2D eigenvalue weighted by atomic mass is 32.1.